The zero-order chi connectivity index (χ0) is 14.7. The largest absolute Gasteiger partial charge is 0.463 e. The molecule has 0 bridgehead atoms. The predicted molar refractivity (Wildman–Crippen MR) is 64.4 cm³/mol. The highest BCUT2D eigenvalue weighted by Gasteiger charge is 2.17. The summed E-state index contributed by atoms with van der Waals surface area (Å²) >= 11 is 0. The van der Waals surface area contributed by atoms with E-state index in [4.69, 9.17) is 4.42 Å². The minimum atomic E-state index is -0.807. The summed E-state index contributed by atoms with van der Waals surface area (Å²) in [6, 6.07) is 5.54. The van der Waals surface area contributed by atoms with Gasteiger partial charge < -0.3 is 9.15 Å². The number of benzene rings is 1. The number of ether oxygens (including phenoxy) is 1. The van der Waals surface area contributed by atoms with Gasteiger partial charge in [0.25, 0.3) is 0 Å². The lowest BCUT2D eigenvalue weighted by Gasteiger charge is -2.01. The van der Waals surface area contributed by atoms with Crippen molar-refractivity contribution in [2.45, 2.75) is 6.42 Å². The summed E-state index contributed by atoms with van der Waals surface area (Å²) in [4.78, 5) is 23.0. The molecule has 0 unspecified atom stereocenters. The topological polar surface area (TPSA) is 56.5 Å². The number of carbonyl (C=O) groups excluding carboxylic acids is 2. The van der Waals surface area contributed by atoms with Crippen LogP contribution in [-0.4, -0.2) is 18.9 Å². The molecule has 0 radical (unpaired) electrons. The van der Waals surface area contributed by atoms with Gasteiger partial charge in [0, 0.05) is 12.5 Å². The molecule has 2 aromatic rings. The first-order chi connectivity index (χ1) is 9.51. The summed E-state index contributed by atoms with van der Waals surface area (Å²) < 4.78 is 35.6. The Balaban J connectivity index is 2.16. The maximum absolute atomic E-state index is 13.4. The first-order valence-corrected chi connectivity index (χ1v) is 5.66. The molecule has 4 nitrogen and oxygen atoms in total. The number of methoxy groups -OCH3 is 1. The number of hydrogen-bond acceptors (Lipinski definition) is 4. The van der Waals surface area contributed by atoms with E-state index in [1.807, 2.05) is 0 Å². The van der Waals surface area contributed by atoms with Crippen molar-refractivity contribution in [1.29, 1.82) is 0 Å². The fourth-order valence-electron chi connectivity index (χ4n) is 1.62. The number of carbonyl (C=O) groups is 2. The molecule has 2 rings (SSSR count). The van der Waals surface area contributed by atoms with E-state index in [-0.39, 0.29) is 23.5 Å². The third kappa shape index (κ3) is 2.90. The van der Waals surface area contributed by atoms with E-state index in [1.54, 1.807) is 0 Å². The highest BCUT2D eigenvalue weighted by Crippen LogP contribution is 2.15. The zero-order valence-electron chi connectivity index (χ0n) is 10.5. The van der Waals surface area contributed by atoms with Gasteiger partial charge in [-0.2, -0.15) is 0 Å². The van der Waals surface area contributed by atoms with Gasteiger partial charge in [0.1, 0.15) is 11.6 Å². The molecule has 0 saturated carbocycles. The van der Waals surface area contributed by atoms with Crippen LogP contribution in [0.5, 0.6) is 0 Å². The highest BCUT2D eigenvalue weighted by atomic mass is 19.1. The Kier molecular flexibility index (Phi) is 3.93. The molecule has 0 amide bonds. The van der Waals surface area contributed by atoms with Crippen LogP contribution in [0.15, 0.2) is 34.7 Å². The lowest BCUT2D eigenvalue weighted by molar-refractivity contribution is 0.0563. The lowest BCUT2D eigenvalue weighted by Crippen LogP contribution is -2.05. The number of rotatable bonds is 4. The van der Waals surface area contributed by atoms with E-state index >= 15 is 0 Å². The van der Waals surface area contributed by atoms with Crippen molar-refractivity contribution in [1.82, 2.24) is 0 Å². The summed E-state index contributed by atoms with van der Waals surface area (Å²) in [5.74, 6) is -2.96. The van der Waals surface area contributed by atoms with Gasteiger partial charge in [0.15, 0.2) is 5.76 Å². The first kappa shape index (κ1) is 13.9. The highest BCUT2D eigenvalue weighted by molar-refractivity contribution is 5.96. The number of ketones is 1. The second-order valence-electron chi connectivity index (χ2n) is 3.99. The van der Waals surface area contributed by atoms with Crippen molar-refractivity contribution in [3.05, 3.63) is 59.1 Å². The van der Waals surface area contributed by atoms with Crippen molar-refractivity contribution in [3.8, 4) is 0 Å². The maximum atomic E-state index is 13.4. The molecule has 20 heavy (non-hydrogen) atoms. The van der Waals surface area contributed by atoms with Crippen molar-refractivity contribution < 1.29 is 27.5 Å². The average molecular weight is 280 g/mol. The van der Waals surface area contributed by atoms with Crippen LogP contribution in [0, 0.1) is 11.6 Å². The van der Waals surface area contributed by atoms with Crippen LogP contribution < -0.4 is 0 Å². The molecule has 104 valence electrons. The fraction of sp³-hybridized carbons (Fsp3) is 0.143. The maximum Gasteiger partial charge on any atom is 0.373 e. The van der Waals surface area contributed by atoms with E-state index in [2.05, 4.69) is 4.74 Å². The molecule has 1 aromatic carbocycles. The summed E-state index contributed by atoms with van der Waals surface area (Å²) in [7, 11) is 1.18. The number of Topliss-reactive ketones (excluding diaryl/α,β-unsaturated/α-hetero) is 1. The van der Waals surface area contributed by atoms with Crippen molar-refractivity contribution in [2.75, 3.05) is 7.11 Å². The smallest absolute Gasteiger partial charge is 0.373 e. The van der Waals surface area contributed by atoms with Crippen LogP contribution in [0.3, 0.4) is 0 Å². The molecule has 0 aliphatic rings. The van der Waals surface area contributed by atoms with Gasteiger partial charge in [-0.15, -0.1) is 0 Å². The van der Waals surface area contributed by atoms with Crippen LogP contribution in [0.25, 0.3) is 0 Å². The standard InChI is InChI=1S/C14H10F2O4/c1-19-14(18)13-5-4-12(20-13)11(17)6-8-2-3-9(15)7-10(8)16/h2-5,7H,6H2,1H3. The quantitative estimate of drug-likeness (QED) is 0.638. The molecule has 0 atom stereocenters. The van der Waals surface area contributed by atoms with E-state index < -0.39 is 23.4 Å². The van der Waals surface area contributed by atoms with Crippen molar-refractivity contribution in [3.63, 3.8) is 0 Å². The second kappa shape index (κ2) is 5.64. The van der Waals surface area contributed by atoms with Gasteiger partial charge >= 0.3 is 5.97 Å². The van der Waals surface area contributed by atoms with Gasteiger partial charge in [0.05, 0.1) is 7.11 Å². The first-order valence-electron chi connectivity index (χ1n) is 5.66. The Morgan fingerprint density at radius 3 is 2.50 bits per heavy atom. The van der Waals surface area contributed by atoms with Gasteiger partial charge in [-0.3, -0.25) is 4.79 Å². The van der Waals surface area contributed by atoms with E-state index in [1.165, 1.54) is 25.3 Å². The molecule has 0 aliphatic carbocycles. The molecular formula is C14H10F2O4. The molecule has 6 heteroatoms. The Hall–Kier alpha value is -2.50. The number of halogens is 2. The molecule has 1 heterocycles. The summed E-state index contributed by atoms with van der Waals surface area (Å²) in [5, 5.41) is 0. The normalized spacial score (nSPS) is 10.3. The summed E-state index contributed by atoms with van der Waals surface area (Å²) in [6.07, 6.45) is -0.291. The van der Waals surface area contributed by atoms with Crippen LogP contribution in [0.2, 0.25) is 0 Å². The molecule has 0 aliphatic heterocycles. The number of esters is 1. The van der Waals surface area contributed by atoms with Crippen molar-refractivity contribution >= 4 is 11.8 Å². The predicted octanol–water partition coefficient (Wildman–Crippen LogP) is 2.77. The zero-order valence-corrected chi connectivity index (χ0v) is 10.5. The third-order valence-electron chi connectivity index (χ3n) is 2.63. The molecule has 1 aromatic heterocycles. The van der Waals surface area contributed by atoms with E-state index in [9.17, 15) is 18.4 Å². The summed E-state index contributed by atoms with van der Waals surface area (Å²) in [5.41, 5.74) is 0.0485. The fourth-order valence-corrected chi connectivity index (χ4v) is 1.62. The molecule has 0 N–H and O–H groups in total. The van der Waals surface area contributed by atoms with E-state index in [0.29, 0.717) is 6.07 Å². The Morgan fingerprint density at radius 2 is 1.85 bits per heavy atom. The SMILES string of the molecule is COC(=O)c1ccc(C(=O)Cc2ccc(F)cc2F)o1. The monoisotopic (exact) mass is 280 g/mol. The lowest BCUT2D eigenvalue weighted by atomic mass is 10.1. The van der Waals surface area contributed by atoms with E-state index in [0.717, 1.165) is 6.07 Å². The molecule has 0 saturated heterocycles. The minimum absolute atomic E-state index is 0.0485. The van der Waals surface area contributed by atoms with Crippen LogP contribution in [0.4, 0.5) is 8.78 Å². The molecule has 0 spiro atoms. The Labute approximate surface area is 113 Å². The van der Waals surface area contributed by atoms with Gasteiger partial charge in [-0.25, -0.2) is 13.6 Å². The number of hydrogen-bond donors (Lipinski definition) is 0. The van der Waals surface area contributed by atoms with Gasteiger partial charge in [0.2, 0.25) is 11.5 Å². The third-order valence-corrected chi connectivity index (χ3v) is 2.63. The Morgan fingerprint density at radius 1 is 1.15 bits per heavy atom. The molecule has 0 fully saturated rings. The van der Waals surface area contributed by atoms with Crippen molar-refractivity contribution in [2.24, 2.45) is 0 Å². The molecular weight excluding hydrogens is 270 g/mol. The summed E-state index contributed by atoms with van der Waals surface area (Å²) in [6.45, 7) is 0. The Bertz CT molecular complexity index is 661. The van der Waals surface area contributed by atoms with Crippen LogP contribution in [-0.2, 0) is 11.2 Å². The second-order valence-corrected chi connectivity index (χ2v) is 3.99. The average Bonchev–Trinajstić information content (AvgIpc) is 2.90. The van der Waals surface area contributed by atoms with Gasteiger partial charge in [-0.1, -0.05) is 6.07 Å². The van der Waals surface area contributed by atoms with Crippen LogP contribution >= 0.6 is 0 Å². The number of furan rings is 1. The minimum Gasteiger partial charge on any atom is -0.463 e. The van der Waals surface area contributed by atoms with Crippen LogP contribution in [0.1, 0.15) is 26.7 Å². The van der Waals surface area contributed by atoms with Gasteiger partial charge in [-0.05, 0) is 23.8 Å².